The number of amides is 2. The minimum Gasteiger partial charge on any atom is -0.444 e. The maximum atomic E-state index is 12.4. The van der Waals surface area contributed by atoms with Crippen molar-refractivity contribution < 1.29 is 14.3 Å². The van der Waals surface area contributed by atoms with Gasteiger partial charge in [0.05, 0.1) is 11.8 Å². The Morgan fingerprint density at radius 2 is 1.89 bits per heavy atom. The van der Waals surface area contributed by atoms with Gasteiger partial charge in [-0.2, -0.15) is 5.10 Å². The maximum Gasteiger partial charge on any atom is 0.408 e. The van der Waals surface area contributed by atoms with Gasteiger partial charge in [0.15, 0.2) is 0 Å². The summed E-state index contributed by atoms with van der Waals surface area (Å²) in [7, 11) is 0. The lowest BCUT2D eigenvalue weighted by molar-refractivity contribution is -0.124. The van der Waals surface area contributed by atoms with Crippen molar-refractivity contribution in [2.24, 2.45) is 11.0 Å². The Hall–Kier alpha value is -2.91. The molecule has 1 aromatic rings. The first kappa shape index (κ1) is 22.1. The van der Waals surface area contributed by atoms with Crippen LogP contribution in [0.1, 0.15) is 52.3 Å². The molecule has 1 aromatic heterocycles. The van der Waals surface area contributed by atoms with Crippen molar-refractivity contribution in [2.45, 2.75) is 59.6 Å². The molecule has 2 amide bonds. The third-order valence-corrected chi connectivity index (χ3v) is 3.71. The molecular formula is C17H27N5O5. The second-order valence-corrected chi connectivity index (χ2v) is 7.19. The average molecular weight is 381 g/mol. The highest BCUT2D eigenvalue weighted by molar-refractivity contribution is 5.87. The van der Waals surface area contributed by atoms with E-state index in [1.165, 1.54) is 6.92 Å². The predicted molar refractivity (Wildman–Crippen MR) is 101 cm³/mol. The number of hydrogen-bond acceptors (Lipinski definition) is 6. The number of rotatable bonds is 6. The van der Waals surface area contributed by atoms with E-state index in [0.717, 1.165) is 6.21 Å². The Labute approximate surface area is 156 Å². The molecule has 0 aliphatic carbocycles. The van der Waals surface area contributed by atoms with E-state index in [2.05, 4.69) is 25.8 Å². The van der Waals surface area contributed by atoms with Gasteiger partial charge in [-0.25, -0.2) is 15.0 Å². The standard InChI is InChI=1S/C17H27N5O5/c1-7-9(2)12(20-16(26)27-17(4,5)6)14(24)22-18-8-11-10(3)19-15(25)21-13(11)23/h8-9,12H,7H2,1-6H3,(H,20,26)(H,22,24)(H2,19,21,23,25)/b18-8-/t9-,12+/m1/s1. The van der Waals surface area contributed by atoms with Crippen molar-refractivity contribution in [3.63, 3.8) is 0 Å². The summed E-state index contributed by atoms with van der Waals surface area (Å²) in [4.78, 5) is 51.8. The number of nitrogens with one attached hydrogen (secondary N) is 4. The molecule has 0 radical (unpaired) electrons. The van der Waals surface area contributed by atoms with Gasteiger partial charge >= 0.3 is 11.8 Å². The van der Waals surface area contributed by atoms with Gasteiger partial charge in [0, 0.05) is 5.69 Å². The predicted octanol–water partition coefficient (Wildman–Crippen LogP) is 0.761. The van der Waals surface area contributed by atoms with Crippen LogP contribution in [-0.4, -0.2) is 39.8 Å². The zero-order chi connectivity index (χ0) is 20.8. The fourth-order valence-electron chi connectivity index (χ4n) is 2.13. The van der Waals surface area contributed by atoms with Crippen LogP contribution in [0.5, 0.6) is 0 Å². The van der Waals surface area contributed by atoms with E-state index in [0.29, 0.717) is 12.1 Å². The Bertz CT molecular complexity index is 818. The molecule has 10 nitrogen and oxygen atoms in total. The smallest absolute Gasteiger partial charge is 0.408 e. The highest BCUT2D eigenvalue weighted by Gasteiger charge is 2.28. The number of alkyl carbamates (subject to hydrolysis) is 1. The van der Waals surface area contributed by atoms with Crippen LogP contribution in [-0.2, 0) is 9.53 Å². The zero-order valence-corrected chi connectivity index (χ0v) is 16.4. The lowest BCUT2D eigenvalue weighted by Crippen LogP contribution is -2.50. The average Bonchev–Trinajstić information content (AvgIpc) is 2.52. The number of aryl methyl sites for hydroxylation is 1. The first-order chi connectivity index (χ1) is 12.4. The number of hydrazone groups is 1. The number of ether oxygens (including phenoxy) is 1. The van der Waals surface area contributed by atoms with E-state index >= 15 is 0 Å². The van der Waals surface area contributed by atoms with Crippen LogP contribution < -0.4 is 22.0 Å². The summed E-state index contributed by atoms with van der Waals surface area (Å²) >= 11 is 0. The quantitative estimate of drug-likeness (QED) is 0.424. The molecule has 4 N–H and O–H groups in total. The summed E-state index contributed by atoms with van der Waals surface area (Å²) in [6.45, 7) is 10.4. The van der Waals surface area contributed by atoms with Crippen LogP contribution in [0.2, 0.25) is 0 Å². The topological polar surface area (TPSA) is 146 Å². The van der Waals surface area contributed by atoms with E-state index in [9.17, 15) is 19.2 Å². The molecule has 0 saturated carbocycles. The molecule has 0 spiro atoms. The third-order valence-electron chi connectivity index (χ3n) is 3.71. The molecular weight excluding hydrogens is 354 g/mol. The lowest BCUT2D eigenvalue weighted by Gasteiger charge is -2.25. The third kappa shape index (κ3) is 7.08. The fraction of sp³-hybridized carbons (Fsp3) is 0.588. The van der Waals surface area contributed by atoms with Crippen LogP contribution in [0.4, 0.5) is 4.79 Å². The highest BCUT2D eigenvalue weighted by atomic mass is 16.6. The van der Waals surface area contributed by atoms with Crippen molar-refractivity contribution in [3.8, 4) is 0 Å². The molecule has 0 aliphatic rings. The van der Waals surface area contributed by atoms with Crippen LogP contribution in [0.25, 0.3) is 0 Å². The second-order valence-electron chi connectivity index (χ2n) is 7.19. The normalized spacial score (nSPS) is 13.9. The van der Waals surface area contributed by atoms with Crippen molar-refractivity contribution in [2.75, 3.05) is 0 Å². The Kier molecular flexibility index (Phi) is 7.50. The first-order valence-corrected chi connectivity index (χ1v) is 8.60. The number of nitrogens with zero attached hydrogens (tertiary/aromatic N) is 1. The minimum absolute atomic E-state index is 0.107. The summed E-state index contributed by atoms with van der Waals surface area (Å²) in [6, 6.07) is -0.864. The van der Waals surface area contributed by atoms with Gasteiger partial charge in [0.1, 0.15) is 11.6 Å². The zero-order valence-electron chi connectivity index (χ0n) is 16.4. The number of aromatic amines is 2. The largest absolute Gasteiger partial charge is 0.444 e. The van der Waals surface area contributed by atoms with Crippen LogP contribution in [0.15, 0.2) is 14.7 Å². The van der Waals surface area contributed by atoms with Gasteiger partial charge in [0.25, 0.3) is 11.5 Å². The molecule has 2 atom stereocenters. The van der Waals surface area contributed by atoms with Crippen LogP contribution in [0, 0.1) is 12.8 Å². The second kappa shape index (κ2) is 9.15. The number of carbonyl (C=O) groups is 2. The van der Waals surface area contributed by atoms with E-state index in [1.807, 2.05) is 13.8 Å². The van der Waals surface area contributed by atoms with Gasteiger partial charge in [-0.15, -0.1) is 0 Å². The van der Waals surface area contributed by atoms with Crippen molar-refractivity contribution in [3.05, 3.63) is 32.1 Å². The molecule has 0 saturated heterocycles. The Morgan fingerprint density at radius 3 is 2.41 bits per heavy atom. The van der Waals surface area contributed by atoms with Crippen molar-refractivity contribution in [1.82, 2.24) is 20.7 Å². The van der Waals surface area contributed by atoms with Gasteiger partial charge in [-0.1, -0.05) is 20.3 Å². The van der Waals surface area contributed by atoms with Gasteiger partial charge in [-0.3, -0.25) is 14.6 Å². The summed E-state index contributed by atoms with van der Waals surface area (Å²) in [6.07, 6.45) is 1.05. The number of aromatic nitrogens is 2. The molecule has 0 fully saturated rings. The molecule has 0 unspecified atom stereocenters. The van der Waals surface area contributed by atoms with Crippen molar-refractivity contribution >= 4 is 18.2 Å². The SMILES string of the molecule is CC[C@@H](C)[C@H](NC(=O)OC(C)(C)C)C(=O)N/N=C\c1c(C)[nH]c(=O)[nH]c1=O. The van der Waals surface area contributed by atoms with E-state index in [4.69, 9.17) is 4.74 Å². The van der Waals surface area contributed by atoms with Crippen LogP contribution in [0.3, 0.4) is 0 Å². The lowest BCUT2D eigenvalue weighted by atomic mass is 9.99. The maximum absolute atomic E-state index is 12.4. The summed E-state index contributed by atoms with van der Waals surface area (Å²) < 4.78 is 5.18. The van der Waals surface area contributed by atoms with Gasteiger partial charge in [0.2, 0.25) is 0 Å². The minimum atomic E-state index is -0.864. The first-order valence-electron chi connectivity index (χ1n) is 8.60. The summed E-state index contributed by atoms with van der Waals surface area (Å²) in [5.74, 6) is -0.726. The van der Waals surface area contributed by atoms with Gasteiger partial charge in [-0.05, 0) is 33.6 Å². The molecule has 27 heavy (non-hydrogen) atoms. The number of carbonyl (C=O) groups excluding carboxylic acids is 2. The highest BCUT2D eigenvalue weighted by Crippen LogP contribution is 2.11. The molecule has 1 rings (SSSR count). The molecule has 1 heterocycles. The number of H-pyrrole nitrogens is 2. The van der Waals surface area contributed by atoms with E-state index in [-0.39, 0.29) is 11.5 Å². The number of hydrogen-bond donors (Lipinski definition) is 4. The van der Waals surface area contributed by atoms with Crippen LogP contribution >= 0.6 is 0 Å². The Morgan fingerprint density at radius 1 is 1.26 bits per heavy atom. The van der Waals surface area contributed by atoms with E-state index < -0.39 is 34.9 Å². The fourth-order valence-corrected chi connectivity index (χ4v) is 2.13. The van der Waals surface area contributed by atoms with Gasteiger partial charge < -0.3 is 15.0 Å². The molecule has 0 aliphatic heterocycles. The summed E-state index contributed by atoms with van der Waals surface area (Å²) in [5, 5.41) is 6.29. The van der Waals surface area contributed by atoms with Crippen molar-refractivity contribution in [1.29, 1.82) is 0 Å². The van der Waals surface area contributed by atoms with E-state index in [1.54, 1.807) is 20.8 Å². The Balaban J connectivity index is 2.87. The molecule has 0 aromatic carbocycles. The monoisotopic (exact) mass is 381 g/mol. The molecule has 10 heteroatoms. The molecule has 0 bridgehead atoms. The summed E-state index contributed by atoms with van der Waals surface area (Å²) in [5.41, 5.74) is 0.772. The molecule has 150 valence electrons.